The minimum Gasteiger partial charge on any atom is -0.389 e. The van der Waals surface area contributed by atoms with Crippen LogP contribution in [-0.2, 0) is 4.79 Å². The highest BCUT2D eigenvalue weighted by molar-refractivity contribution is 7.80. The van der Waals surface area contributed by atoms with Gasteiger partial charge < -0.3 is 16.4 Å². The lowest BCUT2D eigenvalue weighted by atomic mass is 10.1. The number of aromatic nitrogens is 2. The second-order valence-corrected chi connectivity index (χ2v) is 5.81. The van der Waals surface area contributed by atoms with Crippen LogP contribution in [0.3, 0.4) is 0 Å². The van der Waals surface area contributed by atoms with Crippen molar-refractivity contribution in [2.45, 2.75) is 45.6 Å². The molecule has 1 aliphatic rings. The number of nitrogens with two attached hydrogens (primary N) is 1. The lowest BCUT2D eigenvalue weighted by molar-refractivity contribution is -0.121. The summed E-state index contributed by atoms with van der Waals surface area (Å²) >= 11 is 5.08. The minimum absolute atomic E-state index is 0.111. The SMILES string of the molecule is Cc1nnc(NCCCC(=O)NC2CC2)c(C(N)=S)c1C. The van der Waals surface area contributed by atoms with Gasteiger partial charge in [-0.15, -0.1) is 5.10 Å². The fraction of sp³-hybridized carbons (Fsp3) is 0.571. The van der Waals surface area contributed by atoms with E-state index in [4.69, 9.17) is 18.0 Å². The van der Waals surface area contributed by atoms with Crippen molar-refractivity contribution in [3.05, 3.63) is 16.8 Å². The molecule has 1 fully saturated rings. The van der Waals surface area contributed by atoms with Crippen molar-refractivity contribution in [1.82, 2.24) is 15.5 Å². The van der Waals surface area contributed by atoms with Crippen LogP contribution in [0.2, 0.25) is 0 Å². The van der Waals surface area contributed by atoms with Gasteiger partial charge in [-0.05, 0) is 38.7 Å². The van der Waals surface area contributed by atoms with Gasteiger partial charge in [0, 0.05) is 19.0 Å². The largest absolute Gasteiger partial charge is 0.389 e. The van der Waals surface area contributed by atoms with Gasteiger partial charge in [0.05, 0.1) is 11.3 Å². The Kier molecular flexibility index (Phi) is 5.06. The first kappa shape index (κ1) is 15.6. The van der Waals surface area contributed by atoms with Crippen molar-refractivity contribution < 1.29 is 4.79 Å². The van der Waals surface area contributed by atoms with Gasteiger partial charge in [-0.3, -0.25) is 4.79 Å². The molecule has 0 atom stereocenters. The van der Waals surface area contributed by atoms with E-state index in [9.17, 15) is 4.79 Å². The van der Waals surface area contributed by atoms with Gasteiger partial charge in [-0.25, -0.2) is 0 Å². The number of aryl methyl sites for hydroxylation is 1. The molecule has 1 aliphatic carbocycles. The van der Waals surface area contributed by atoms with E-state index in [1.54, 1.807) is 0 Å². The first-order valence-corrected chi connectivity index (χ1v) is 7.56. The average molecular weight is 307 g/mol. The molecule has 0 unspecified atom stereocenters. The van der Waals surface area contributed by atoms with Gasteiger partial charge in [0.2, 0.25) is 5.91 Å². The minimum atomic E-state index is 0.111. The molecule has 1 heterocycles. The molecule has 4 N–H and O–H groups in total. The van der Waals surface area contributed by atoms with Crippen LogP contribution < -0.4 is 16.4 Å². The van der Waals surface area contributed by atoms with Gasteiger partial charge in [-0.1, -0.05) is 12.2 Å². The first-order valence-electron chi connectivity index (χ1n) is 7.16. The zero-order valence-electron chi connectivity index (χ0n) is 12.4. The van der Waals surface area contributed by atoms with Gasteiger partial charge in [0.15, 0.2) is 5.82 Å². The van der Waals surface area contributed by atoms with Crippen molar-refractivity contribution in [2.24, 2.45) is 5.73 Å². The maximum absolute atomic E-state index is 11.6. The first-order chi connectivity index (χ1) is 9.99. The Balaban J connectivity index is 1.86. The number of nitrogens with zero attached hydrogens (tertiary/aromatic N) is 2. The lowest BCUT2D eigenvalue weighted by Crippen LogP contribution is -2.25. The summed E-state index contributed by atoms with van der Waals surface area (Å²) in [5.41, 5.74) is 8.24. The summed E-state index contributed by atoms with van der Waals surface area (Å²) in [6.07, 6.45) is 3.45. The van der Waals surface area contributed by atoms with E-state index in [0.717, 1.165) is 36.1 Å². The zero-order valence-corrected chi connectivity index (χ0v) is 13.2. The van der Waals surface area contributed by atoms with Gasteiger partial charge in [-0.2, -0.15) is 5.10 Å². The Hall–Kier alpha value is -1.76. The van der Waals surface area contributed by atoms with E-state index in [-0.39, 0.29) is 5.91 Å². The molecule has 0 aromatic carbocycles. The van der Waals surface area contributed by atoms with Crippen molar-refractivity contribution in [3.63, 3.8) is 0 Å². The average Bonchev–Trinajstić information content (AvgIpc) is 3.22. The number of amides is 1. The third-order valence-corrected chi connectivity index (χ3v) is 3.72. The lowest BCUT2D eigenvalue weighted by Gasteiger charge is -2.13. The second kappa shape index (κ2) is 6.80. The molecule has 1 saturated carbocycles. The summed E-state index contributed by atoms with van der Waals surface area (Å²) in [7, 11) is 0. The van der Waals surface area contributed by atoms with E-state index < -0.39 is 0 Å². The molecule has 1 aromatic rings. The molecule has 0 saturated heterocycles. The molecule has 114 valence electrons. The van der Waals surface area contributed by atoms with Crippen molar-refractivity contribution in [1.29, 1.82) is 0 Å². The Labute approximate surface area is 129 Å². The van der Waals surface area contributed by atoms with Crippen LogP contribution in [0, 0.1) is 13.8 Å². The fourth-order valence-electron chi connectivity index (χ4n) is 2.02. The number of hydrogen-bond donors (Lipinski definition) is 3. The second-order valence-electron chi connectivity index (χ2n) is 5.37. The van der Waals surface area contributed by atoms with E-state index in [1.165, 1.54) is 0 Å². The van der Waals surface area contributed by atoms with Crippen molar-refractivity contribution in [3.8, 4) is 0 Å². The molecular weight excluding hydrogens is 286 g/mol. The third-order valence-electron chi connectivity index (χ3n) is 3.52. The molecule has 0 bridgehead atoms. The van der Waals surface area contributed by atoms with Crippen LogP contribution in [0.4, 0.5) is 5.82 Å². The molecular formula is C14H21N5OS. The third kappa shape index (κ3) is 4.35. The highest BCUT2D eigenvalue weighted by atomic mass is 32.1. The molecule has 7 heteroatoms. The normalized spacial score (nSPS) is 13.8. The van der Waals surface area contributed by atoms with Crippen molar-refractivity contribution in [2.75, 3.05) is 11.9 Å². The molecule has 6 nitrogen and oxygen atoms in total. The van der Waals surface area contributed by atoms with Crippen LogP contribution in [0.1, 0.15) is 42.5 Å². The summed E-state index contributed by atoms with van der Waals surface area (Å²) in [5.74, 6) is 0.702. The van der Waals surface area contributed by atoms with Gasteiger partial charge >= 0.3 is 0 Å². The van der Waals surface area contributed by atoms with Gasteiger partial charge in [0.25, 0.3) is 0 Å². The van der Waals surface area contributed by atoms with Crippen LogP contribution in [0.25, 0.3) is 0 Å². The molecule has 0 spiro atoms. The molecule has 0 radical (unpaired) electrons. The number of nitrogens with one attached hydrogen (secondary N) is 2. The predicted octanol–water partition coefficient (Wildman–Crippen LogP) is 1.20. The zero-order chi connectivity index (χ0) is 15.4. The Bertz CT molecular complexity index is 557. The number of carbonyl (C=O) groups excluding carboxylic acids is 1. The smallest absolute Gasteiger partial charge is 0.220 e. The number of carbonyl (C=O) groups is 1. The summed E-state index contributed by atoms with van der Waals surface area (Å²) < 4.78 is 0. The number of hydrogen-bond acceptors (Lipinski definition) is 5. The van der Waals surface area contributed by atoms with Crippen LogP contribution in [0.15, 0.2) is 0 Å². The highest BCUT2D eigenvalue weighted by Crippen LogP contribution is 2.19. The predicted molar refractivity (Wildman–Crippen MR) is 86.3 cm³/mol. The number of rotatable bonds is 7. The maximum Gasteiger partial charge on any atom is 0.220 e. The topological polar surface area (TPSA) is 92.9 Å². The van der Waals surface area contributed by atoms with Gasteiger partial charge in [0.1, 0.15) is 4.99 Å². The Morgan fingerprint density at radius 3 is 2.71 bits per heavy atom. The molecule has 21 heavy (non-hydrogen) atoms. The Morgan fingerprint density at radius 2 is 2.10 bits per heavy atom. The van der Waals surface area contributed by atoms with E-state index in [0.29, 0.717) is 29.8 Å². The highest BCUT2D eigenvalue weighted by Gasteiger charge is 2.22. The quantitative estimate of drug-likeness (QED) is 0.518. The maximum atomic E-state index is 11.6. The molecule has 2 rings (SSSR count). The fourth-order valence-corrected chi connectivity index (χ4v) is 2.27. The molecule has 0 aliphatic heterocycles. The molecule has 1 aromatic heterocycles. The van der Waals surface area contributed by atoms with Crippen LogP contribution in [-0.4, -0.2) is 33.7 Å². The Morgan fingerprint density at radius 1 is 1.38 bits per heavy atom. The van der Waals surface area contributed by atoms with E-state index in [2.05, 4.69) is 20.8 Å². The number of anilines is 1. The standard InChI is InChI=1S/C14H21N5OS/c1-8-9(2)18-19-14(12(8)13(15)21)16-7-3-4-11(20)17-10-5-6-10/h10H,3-7H2,1-2H3,(H2,15,21)(H,16,19)(H,17,20). The monoisotopic (exact) mass is 307 g/mol. The summed E-state index contributed by atoms with van der Waals surface area (Å²) in [6.45, 7) is 4.42. The molecule has 1 amide bonds. The summed E-state index contributed by atoms with van der Waals surface area (Å²) in [6, 6.07) is 0.414. The van der Waals surface area contributed by atoms with Crippen molar-refractivity contribution >= 4 is 28.9 Å². The van der Waals surface area contributed by atoms with Crippen LogP contribution in [0.5, 0.6) is 0 Å². The number of thiocarbonyl (C=S) groups is 1. The summed E-state index contributed by atoms with van der Waals surface area (Å²) in [4.78, 5) is 11.9. The van der Waals surface area contributed by atoms with E-state index >= 15 is 0 Å². The van der Waals surface area contributed by atoms with Crippen LogP contribution >= 0.6 is 12.2 Å². The van der Waals surface area contributed by atoms with E-state index in [1.807, 2.05) is 13.8 Å². The summed E-state index contributed by atoms with van der Waals surface area (Å²) in [5, 5.41) is 14.3.